The van der Waals surface area contributed by atoms with Crippen LogP contribution in [0.25, 0.3) is 0 Å². The molecule has 0 aliphatic rings. The third-order valence-corrected chi connectivity index (χ3v) is 2.60. The van der Waals surface area contributed by atoms with E-state index in [1.54, 1.807) is 0 Å². The first-order valence-corrected chi connectivity index (χ1v) is 6.74. The van der Waals surface area contributed by atoms with Crippen LogP contribution < -0.4 is 0 Å². The van der Waals surface area contributed by atoms with Gasteiger partial charge in [0.05, 0.1) is 6.61 Å². The first-order valence-electron chi connectivity index (χ1n) is 6.74. The van der Waals surface area contributed by atoms with E-state index in [1.807, 2.05) is 0 Å². The maximum absolute atomic E-state index is 11.0. The molecule has 0 spiro atoms. The van der Waals surface area contributed by atoms with Crippen molar-refractivity contribution < 1.29 is 19.4 Å². The standard InChI is InChI=1S/C14H24O4.ClH/c1-2-3-4-5-6-7-8-9-12-18-14(17)11-10-13(15)16;/h10-11H,2-9,12H2,1H3,(H,15,16);1H. The summed E-state index contributed by atoms with van der Waals surface area (Å²) in [5, 5.41) is 8.30. The molecular formula is C14H25ClO4. The number of esters is 1. The Kier molecular flexibility index (Phi) is 16.1. The van der Waals surface area contributed by atoms with Gasteiger partial charge in [0.25, 0.3) is 0 Å². The molecule has 0 aliphatic carbocycles. The highest BCUT2D eigenvalue weighted by molar-refractivity contribution is 5.90. The highest BCUT2D eigenvalue weighted by atomic mass is 35.5. The van der Waals surface area contributed by atoms with Crippen LogP contribution in [0.15, 0.2) is 12.2 Å². The average Bonchev–Trinajstić information content (AvgIpc) is 2.34. The molecule has 0 aliphatic heterocycles. The number of aliphatic carboxylic acids is 1. The maximum Gasteiger partial charge on any atom is 0.331 e. The van der Waals surface area contributed by atoms with E-state index in [4.69, 9.17) is 9.84 Å². The molecule has 0 radical (unpaired) electrons. The Morgan fingerprint density at radius 2 is 1.47 bits per heavy atom. The van der Waals surface area contributed by atoms with Crippen LogP contribution in [-0.4, -0.2) is 23.7 Å². The van der Waals surface area contributed by atoms with Crippen molar-refractivity contribution >= 4 is 24.3 Å². The number of carboxylic acid groups (broad SMARTS) is 1. The lowest BCUT2D eigenvalue weighted by atomic mass is 10.1. The number of unbranched alkanes of at least 4 members (excludes halogenated alkanes) is 7. The Labute approximate surface area is 121 Å². The van der Waals surface area contributed by atoms with Gasteiger partial charge in [-0.25, -0.2) is 9.59 Å². The molecule has 0 aromatic carbocycles. The minimum Gasteiger partial charge on any atom is -0.478 e. The van der Waals surface area contributed by atoms with Crippen molar-refractivity contribution in [2.75, 3.05) is 6.61 Å². The number of carboxylic acids is 1. The number of carbonyl (C=O) groups excluding carboxylic acids is 1. The lowest BCUT2D eigenvalue weighted by Gasteiger charge is -2.02. The van der Waals surface area contributed by atoms with Crippen molar-refractivity contribution in [1.29, 1.82) is 0 Å². The molecule has 1 N–H and O–H groups in total. The molecule has 0 heterocycles. The van der Waals surface area contributed by atoms with Crippen LogP contribution >= 0.6 is 12.4 Å². The van der Waals surface area contributed by atoms with E-state index in [9.17, 15) is 9.59 Å². The molecule has 4 nitrogen and oxygen atoms in total. The van der Waals surface area contributed by atoms with Gasteiger partial charge in [0.2, 0.25) is 0 Å². The molecule has 0 fully saturated rings. The summed E-state index contributed by atoms with van der Waals surface area (Å²) in [5.74, 6) is -1.72. The highest BCUT2D eigenvalue weighted by Crippen LogP contribution is 2.08. The second-order valence-corrected chi connectivity index (χ2v) is 4.31. The zero-order valence-corrected chi connectivity index (χ0v) is 12.4. The Morgan fingerprint density at radius 3 is 2.00 bits per heavy atom. The van der Waals surface area contributed by atoms with Crippen LogP contribution in [0.2, 0.25) is 0 Å². The van der Waals surface area contributed by atoms with Gasteiger partial charge in [0.15, 0.2) is 0 Å². The fourth-order valence-corrected chi connectivity index (χ4v) is 1.60. The quantitative estimate of drug-likeness (QED) is 0.358. The van der Waals surface area contributed by atoms with Crippen LogP contribution in [0.3, 0.4) is 0 Å². The highest BCUT2D eigenvalue weighted by Gasteiger charge is 1.98. The fourth-order valence-electron chi connectivity index (χ4n) is 1.60. The second-order valence-electron chi connectivity index (χ2n) is 4.31. The first kappa shape index (κ1) is 20.3. The van der Waals surface area contributed by atoms with Crippen molar-refractivity contribution in [2.24, 2.45) is 0 Å². The van der Waals surface area contributed by atoms with Crippen LogP contribution in [0.5, 0.6) is 0 Å². The number of rotatable bonds is 11. The van der Waals surface area contributed by atoms with Crippen LogP contribution in [0.4, 0.5) is 0 Å². The summed E-state index contributed by atoms with van der Waals surface area (Å²) in [6, 6.07) is 0. The molecule has 0 aromatic heterocycles. The SMILES string of the molecule is CCCCCCCCCCOC(=O)C=CC(=O)O.Cl. The summed E-state index contributed by atoms with van der Waals surface area (Å²) in [6.07, 6.45) is 11.2. The number of hydrogen-bond donors (Lipinski definition) is 1. The molecule has 0 bridgehead atoms. The van der Waals surface area contributed by atoms with Gasteiger partial charge in [0, 0.05) is 12.2 Å². The summed E-state index contributed by atoms with van der Waals surface area (Å²) in [4.78, 5) is 21.1. The Bertz CT molecular complexity index is 264. The van der Waals surface area contributed by atoms with Gasteiger partial charge in [0.1, 0.15) is 0 Å². The normalized spacial score (nSPS) is 10.2. The van der Waals surface area contributed by atoms with E-state index in [0.29, 0.717) is 6.61 Å². The molecule has 19 heavy (non-hydrogen) atoms. The smallest absolute Gasteiger partial charge is 0.331 e. The van der Waals surface area contributed by atoms with Crippen LogP contribution in [0, 0.1) is 0 Å². The molecular weight excluding hydrogens is 268 g/mol. The first-order chi connectivity index (χ1) is 8.66. The van der Waals surface area contributed by atoms with Gasteiger partial charge in [-0.1, -0.05) is 51.9 Å². The van der Waals surface area contributed by atoms with Gasteiger partial charge in [-0.05, 0) is 6.42 Å². The number of ether oxygens (including phenoxy) is 1. The number of halogens is 1. The zero-order valence-electron chi connectivity index (χ0n) is 11.6. The van der Waals surface area contributed by atoms with E-state index >= 15 is 0 Å². The molecule has 0 atom stereocenters. The van der Waals surface area contributed by atoms with Gasteiger partial charge in [-0.3, -0.25) is 0 Å². The molecule has 0 unspecified atom stereocenters. The summed E-state index contributed by atoms with van der Waals surface area (Å²) in [7, 11) is 0. The molecule has 0 amide bonds. The summed E-state index contributed by atoms with van der Waals surface area (Å²) < 4.78 is 4.85. The molecule has 0 rings (SSSR count). The van der Waals surface area contributed by atoms with E-state index in [2.05, 4.69) is 6.92 Å². The molecule has 5 heteroatoms. The Balaban J connectivity index is 0. The van der Waals surface area contributed by atoms with E-state index in [-0.39, 0.29) is 12.4 Å². The topological polar surface area (TPSA) is 63.6 Å². The Morgan fingerprint density at radius 1 is 0.947 bits per heavy atom. The van der Waals surface area contributed by atoms with E-state index < -0.39 is 11.9 Å². The summed E-state index contributed by atoms with van der Waals surface area (Å²) >= 11 is 0. The van der Waals surface area contributed by atoms with Gasteiger partial charge < -0.3 is 9.84 Å². The van der Waals surface area contributed by atoms with Crippen molar-refractivity contribution in [3.63, 3.8) is 0 Å². The largest absolute Gasteiger partial charge is 0.478 e. The molecule has 0 saturated heterocycles. The van der Waals surface area contributed by atoms with Gasteiger partial charge in [-0.15, -0.1) is 12.4 Å². The van der Waals surface area contributed by atoms with Crippen molar-refractivity contribution in [2.45, 2.75) is 58.3 Å². The van der Waals surface area contributed by atoms with E-state index in [1.165, 1.54) is 38.5 Å². The van der Waals surface area contributed by atoms with Gasteiger partial charge in [-0.2, -0.15) is 0 Å². The predicted octanol–water partition coefficient (Wildman–Crippen LogP) is 3.73. The summed E-state index contributed by atoms with van der Waals surface area (Å²) in [5.41, 5.74) is 0. The third-order valence-electron chi connectivity index (χ3n) is 2.60. The lowest BCUT2D eigenvalue weighted by molar-refractivity contribution is -0.138. The molecule has 0 saturated carbocycles. The average molecular weight is 293 g/mol. The second kappa shape index (κ2) is 15.0. The van der Waals surface area contributed by atoms with Crippen LogP contribution in [-0.2, 0) is 14.3 Å². The molecule has 112 valence electrons. The minimum atomic E-state index is -1.14. The van der Waals surface area contributed by atoms with Crippen molar-refractivity contribution in [1.82, 2.24) is 0 Å². The van der Waals surface area contributed by atoms with Gasteiger partial charge >= 0.3 is 11.9 Å². The minimum absolute atomic E-state index is 0. The Hall–Kier alpha value is -1.03. The monoisotopic (exact) mass is 292 g/mol. The summed E-state index contributed by atoms with van der Waals surface area (Å²) in [6.45, 7) is 2.57. The van der Waals surface area contributed by atoms with Crippen LogP contribution in [0.1, 0.15) is 58.3 Å². The fraction of sp³-hybridized carbons (Fsp3) is 0.714. The number of carbonyl (C=O) groups is 2. The maximum atomic E-state index is 11.0. The molecule has 0 aromatic rings. The van der Waals surface area contributed by atoms with Crippen molar-refractivity contribution in [3.05, 3.63) is 12.2 Å². The lowest BCUT2D eigenvalue weighted by Crippen LogP contribution is -2.03. The third kappa shape index (κ3) is 17.0. The van der Waals surface area contributed by atoms with Crippen molar-refractivity contribution in [3.8, 4) is 0 Å². The van der Waals surface area contributed by atoms with E-state index in [0.717, 1.165) is 25.0 Å². The predicted molar refractivity (Wildman–Crippen MR) is 77.6 cm³/mol. The zero-order chi connectivity index (χ0) is 13.6. The number of hydrogen-bond acceptors (Lipinski definition) is 3.